The molecule has 3 N–H and O–H groups in total. The summed E-state index contributed by atoms with van der Waals surface area (Å²) in [5.74, 6) is -1.30. The lowest BCUT2D eigenvalue weighted by atomic mass is 10.1. The molecule has 3 aromatic rings. The number of benzene rings is 1. The quantitative estimate of drug-likeness (QED) is 0.611. The summed E-state index contributed by atoms with van der Waals surface area (Å²) in [6, 6.07) is 10.4. The number of amides is 1. The highest BCUT2D eigenvalue weighted by Gasteiger charge is 2.15. The number of anilines is 1. The molecule has 7 heteroatoms. The van der Waals surface area contributed by atoms with Gasteiger partial charge in [0.25, 0.3) is 5.91 Å². The van der Waals surface area contributed by atoms with Crippen LogP contribution in [0.3, 0.4) is 0 Å². The number of hydrogen-bond donors (Lipinski definition) is 3. The molecule has 0 bridgehead atoms. The molecule has 0 aliphatic rings. The van der Waals surface area contributed by atoms with Crippen LogP contribution in [0.2, 0.25) is 0 Å². The van der Waals surface area contributed by atoms with Crippen molar-refractivity contribution in [2.75, 3.05) is 5.32 Å². The van der Waals surface area contributed by atoms with Crippen LogP contribution >= 0.6 is 15.9 Å². The van der Waals surface area contributed by atoms with E-state index in [2.05, 4.69) is 31.2 Å². The fourth-order valence-electron chi connectivity index (χ4n) is 2.30. The largest absolute Gasteiger partial charge is 0.481 e. The van der Waals surface area contributed by atoms with Crippen molar-refractivity contribution in [1.82, 2.24) is 9.97 Å². The van der Waals surface area contributed by atoms with Gasteiger partial charge >= 0.3 is 5.97 Å². The molecule has 116 valence electrons. The summed E-state index contributed by atoms with van der Waals surface area (Å²) in [5.41, 5.74) is 2.71. The lowest BCUT2D eigenvalue weighted by Crippen LogP contribution is -2.14. The topological polar surface area (TPSA) is 95.1 Å². The van der Waals surface area contributed by atoms with Gasteiger partial charge < -0.3 is 15.4 Å². The highest BCUT2D eigenvalue weighted by Crippen LogP contribution is 2.22. The number of carboxylic acids is 1. The average molecular weight is 374 g/mol. The van der Waals surface area contributed by atoms with Gasteiger partial charge in [-0.15, -0.1) is 0 Å². The summed E-state index contributed by atoms with van der Waals surface area (Å²) in [6.45, 7) is 0. The second kappa shape index (κ2) is 6.21. The molecule has 0 radical (unpaired) electrons. The van der Waals surface area contributed by atoms with Crippen LogP contribution in [0.15, 0.2) is 47.2 Å². The molecular formula is C16H12BrN3O3. The first-order valence-electron chi connectivity index (χ1n) is 6.79. The standard InChI is InChI=1S/C16H12BrN3O3/c17-13-6-5-12-15(20-13)10(8-18-12)16(23)19-11-4-2-1-3-9(11)7-14(21)22/h1-6,8,18H,7H2,(H,19,23)(H,21,22). The third kappa shape index (κ3) is 3.24. The molecule has 1 aromatic carbocycles. The number of nitrogens with one attached hydrogen (secondary N) is 2. The number of halogens is 1. The van der Waals surface area contributed by atoms with Gasteiger partial charge in [-0.25, -0.2) is 4.98 Å². The van der Waals surface area contributed by atoms with E-state index in [0.29, 0.717) is 26.9 Å². The Morgan fingerprint density at radius 1 is 1.22 bits per heavy atom. The first-order chi connectivity index (χ1) is 11.0. The number of fused-ring (bicyclic) bond motifs is 1. The molecule has 23 heavy (non-hydrogen) atoms. The molecule has 0 unspecified atom stereocenters. The number of para-hydroxylation sites is 1. The maximum atomic E-state index is 12.5. The lowest BCUT2D eigenvalue weighted by molar-refractivity contribution is -0.136. The van der Waals surface area contributed by atoms with Crippen molar-refractivity contribution in [3.8, 4) is 0 Å². The van der Waals surface area contributed by atoms with E-state index in [-0.39, 0.29) is 12.3 Å². The number of H-pyrrole nitrogens is 1. The van der Waals surface area contributed by atoms with Crippen molar-refractivity contribution in [1.29, 1.82) is 0 Å². The highest BCUT2D eigenvalue weighted by atomic mass is 79.9. The molecule has 6 nitrogen and oxygen atoms in total. The van der Waals surface area contributed by atoms with Gasteiger partial charge in [-0.05, 0) is 39.7 Å². The Kier molecular flexibility index (Phi) is 4.12. The van der Waals surface area contributed by atoms with Gasteiger partial charge in [0.1, 0.15) is 10.1 Å². The number of carboxylic acid groups (broad SMARTS) is 1. The second-order valence-corrected chi connectivity index (χ2v) is 5.73. The highest BCUT2D eigenvalue weighted by molar-refractivity contribution is 9.10. The van der Waals surface area contributed by atoms with E-state index < -0.39 is 5.97 Å². The van der Waals surface area contributed by atoms with Gasteiger partial charge in [0.05, 0.1) is 17.5 Å². The molecule has 3 rings (SSSR count). The number of aromatic amines is 1. The van der Waals surface area contributed by atoms with Gasteiger partial charge in [-0.3, -0.25) is 9.59 Å². The minimum absolute atomic E-state index is 0.159. The molecule has 0 aliphatic carbocycles. The minimum atomic E-state index is -0.954. The van der Waals surface area contributed by atoms with E-state index >= 15 is 0 Å². The molecule has 1 amide bonds. The maximum Gasteiger partial charge on any atom is 0.307 e. The predicted molar refractivity (Wildman–Crippen MR) is 89.5 cm³/mol. The van der Waals surface area contributed by atoms with Crippen LogP contribution in [0.25, 0.3) is 11.0 Å². The number of carbonyl (C=O) groups is 2. The van der Waals surface area contributed by atoms with Crippen LogP contribution < -0.4 is 5.32 Å². The summed E-state index contributed by atoms with van der Waals surface area (Å²) in [4.78, 5) is 30.7. The number of aliphatic carboxylic acids is 1. The smallest absolute Gasteiger partial charge is 0.307 e. The fraction of sp³-hybridized carbons (Fsp3) is 0.0625. The summed E-state index contributed by atoms with van der Waals surface area (Å²) in [7, 11) is 0. The third-order valence-corrected chi connectivity index (χ3v) is 3.78. The minimum Gasteiger partial charge on any atom is -0.481 e. The molecular weight excluding hydrogens is 362 g/mol. The van der Waals surface area contributed by atoms with E-state index in [1.165, 1.54) is 0 Å². The van der Waals surface area contributed by atoms with E-state index in [1.54, 1.807) is 36.5 Å². The maximum absolute atomic E-state index is 12.5. The van der Waals surface area contributed by atoms with Gasteiger partial charge in [-0.1, -0.05) is 18.2 Å². The zero-order valence-corrected chi connectivity index (χ0v) is 13.4. The van der Waals surface area contributed by atoms with Gasteiger partial charge in [0.2, 0.25) is 0 Å². The monoisotopic (exact) mass is 373 g/mol. The molecule has 2 heterocycles. The average Bonchev–Trinajstić information content (AvgIpc) is 2.91. The molecule has 0 aliphatic heterocycles. The van der Waals surface area contributed by atoms with Crippen molar-refractivity contribution in [2.45, 2.75) is 6.42 Å². The lowest BCUT2D eigenvalue weighted by Gasteiger charge is -2.09. The first kappa shape index (κ1) is 15.2. The van der Waals surface area contributed by atoms with Crippen LogP contribution in [0.5, 0.6) is 0 Å². The van der Waals surface area contributed by atoms with Crippen LogP contribution in [-0.2, 0) is 11.2 Å². The van der Waals surface area contributed by atoms with Gasteiger partial charge in [0.15, 0.2) is 0 Å². The number of aromatic nitrogens is 2. The summed E-state index contributed by atoms with van der Waals surface area (Å²) >= 11 is 3.28. The predicted octanol–water partition coefficient (Wildman–Crippen LogP) is 3.20. The van der Waals surface area contributed by atoms with Crippen LogP contribution in [0, 0.1) is 0 Å². The first-order valence-corrected chi connectivity index (χ1v) is 7.58. The molecule has 0 saturated carbocycles. The van der Waals surface area contributed by atoms with Crippen molar-refractivity contribution < 1.29 is 14.7 Å². The Balaban J connectivity index is 1.92. The zero-order valence-electron chi connectivity index (χ0n) is 11.8. The summed E-state index contributed by atoms with van der Waals surface area (Å²) in [5, 5.41) is 11.7. The molecule has 0 saturated heterocycles. The van der Waals surface area contributed by atoms with E-state index in [1.807, 2.05) is 6.07 Å². The summed E-state index contributed by atoms with van der Waals surface area (Å²) < 4.78 is 0.630. The summed E-state index contributed by atoms with van der Waals surface area (Å²) in [6.07, 6.45) is 1.42. The number of pyridine rings is 1. The molecule has 2 aromatic heterocycles. The Bertz CT molecular complexity index is 904. The number of rotatable bonds is 4. The van der Waals surface area contributed by atoms with E-state index in [0.717, 1.165) is 5.52 Å². The zero-order chi connectivity index (χ0) is 16.4. The van der Waals surface area contributed by atoms with Crippen LogP contribution in [0.1, 0.15) is 15.9 Å². The van der Waals surface area contributed by atoms with Gasteiger partial charge in [-0.2, -0.15) is 0 Å². The Morgan fingerprint density at radius 3 is 2.78 bits per heavy atom. The Morgan fingerprint density at radius 2 is 2.00 bits per heavy atom. The van der Waals surface area contributed by atoms with E-state index in [4.69, 9.17) is 5.11 Å². The molecule has 0 fully saturated rings. The fourth-order valence-corrected chi connectivity index (χ4v) is 2.61. The van der Waals surface area contributed by atoms with Crippen molar-refractivity contribution in [3.63, 3.8) is 0 Å². The number of hydrogen-bond acceptors (Lipinski definition) is 3. The van der Waals surface area contributed by atoms with Crippen LogP contribution in [-0.4, -0.2) is 27.0 Å². The Hall–Kier alpha value is -2.67. The number of carbonyl (C=O) groups excluding carboxylic acids is 1. The Labute approximate surface area is 139 Å². The van der Waals surface area contributed by atoms with Crippen molar-refractivity contribution >= 4 is 44.5 Å². The van der Waals surface area contributed by atoms with E-state index in [9.17, 15) is 9.59 Å². The second-order valence-electron chi connectivity index (χ2n) is 4.91. The SMILES string of the molecule is O=C(O)Cc1ccccc1NC(=O)c1c[nH]c2ccc(Br)nc12. The molecule has 0 atom stereocenters. The normalized spacial score (nSPS) is 10.7. The van der Waals surface area contributed by atoms with Crippen LogP contribution in [0.4, 0.5) is 5.69 Å². The van der Waals surface area contributed by atoms with Crippen molar-refractivity contribution in [2.24, 2.45) is 0 Å². The third-order valence-electron chi connectivity index (χ3n) is 3.34. The number of nitrogens with zero attached hydrogens (tertiary/aromatic N) is 1. The molecule has 0 spiro atoms. The van der Waals surface area contributed by atoms with Crippen molar-refractivity contribution in [3.05, 3.63) is 58.3 Å². The van der Waals surface area contributed by atoms with Gasteiger partial charge in [0, 0.05) is 11.9 Å².